The van der Waals surface area contributed by atoms with E-state index in [0.29, 0.717) is 36.2 Å². The van der Waals surface area contributed by atoms with E-state index < -0.39 is 21.2 Å². The first-order valence-electron chi connectivity index (χ1n) is 16.2. The van der Waals surface area contributed by atoms with Gasteiger partial charge in [0, 0.05) is 49.9 Å². The van der Waals surface area contributed by atoms with Crippen molar-refractivity contribution in [1.29, 1.82) is 0 Å². The molecule has 1 amide bonds. The second-order valence-corrected chi connectivity index (χ2v) is 15.9. The number of halogens is 1. The molecular weight excluding hydrogens is 612 g/mol. The van der Waals surface area contributed by atoms with Crippen LogP contribution in [0.5, 0.6) is 5.75 Å². The lowest BCUT2D eigenvalue weighted by molar-refractivity contribution is 0.0130. The predicted molar refractivity (Wildman–Crippen MR) is 177 cm³/mol. The van der Waals surface area contributed by atoms with Crippen LogP contribution in [0.4, 0.5) is 5.69 Å². The summed E-state index contributed by atoms with van der Waals surface area (Å²) in [4.78, 5) is 16.0. The van der Waals surface area contributed by atoms with Gasteiger partial charge in [0.25, 0.3) is 5.91 Å². The number of nitrogens with zero attached hydrogens (tertiary/aromatic N) is 1. The molecule has 2 aromatic carbocycles. The Morgan fingerprint density at radius 3 is 2.73 bits per heavy atom. The monoisotopic (exact) mass is 656 g/mol. The van der Waals surface area contributed by atoms with Gasteiger partial charge in [0.15, 0.2) is 0 Å². The van der Waals surface area contributed by atoms with E-state index in [2.05, 4.69) is 33.9 Å². The molecule has 2 aliphatic heterocycles. The van der Waals surface area contributed by atoms with Crippen LogP contribution in [0.1, 0.15) is 66.9 Å². The van der Waals surface area contributed by atoms with Crippen LogP contribution in [0.3, 0.4) is 0 Å². The van der Waals surface area contributed by atoms with Crippen molar-refractivity contribution in [3.05, 3.63) is 70.3 Å². The number of hydrogen-bond donors (Lipinski definition) is 1. The van der Waals surface area contributed by atoms with Crippen LogP contribution in [0, 0.1) is 17.8 Å². The fourth-order valence-electron chi connectivity index (χ4n) is 7.90. The number of carbonyl (C=O) groups excluding carboxylic acids is 1. The SMILES string of the molecule is COCC[C@@H]1C[C@@H](C)/C=C\[C@H](OC)[C@@H]2CC[C@H]2CN2C[C@@]3(CCCc4cc(Cl)ccc43)COc3ccc(cc32)C(=O)NS1(=O)=O. The number of sulfonamides is 1. The lowest BCUT2D eigenvalue weighted by Gasteiger charge is -2.46. The third-order valence-electron chi connectivity index (χ3n) is 10.5. The summed E-state index contributed by atoms with van der Waals surface area (Å²) >= 11 is 6.42. The molecule has 0 radical (unpaired) electrons. The fraction of sp³-hybridized carbons (Fsp3) is 0.571. The molecule has 6 atom stereocenters. The summed E-state index contributed by atoms with van der Waals surface area (Å²) in [5.41, 5.74) is 3.42. The van der Waals surface area contributed by atoms with E-state index in [1.54, 1.807) is 20.3 Å². The zero-order valence-corrected chi connectivity index (χ0v) is 28.0. The summed E-state index contributed by atoms with van der Waals surface area (Å²) in [7, 11) is -0.671. The number of amides is 1. The second-order valence-electron chi connectivity index (χ2n) is 13.5. The molecule has 2 aliphatic carbocycles. The predicted octanol–water partition coefficient (Wildman–Crippen LogP) is 5.92. The number of aryl methyl sites for hydroxylation is 1. The van der Waals surface area contributed by atoms with Gasteiger partial charge in [0.05, 0.1) is 23.6 Å². The summed E-state index contributed by atoms with van der Waals surface area (Å²) in [6.07, 6.45) is 9.96. The number of methoxy groups -OCH3 is 2. The smallest absolute Gasteiger partial charge is 0.264 e. The molecule has 4 aliphatic rings. The Hall–Kier alpha value is -2.59. The van der Waals surface area contributed by atoms with Crippen molar-refractivity contribution in [2.75, 3.05) is 45.4 Å². The topological polar surface area (TPSA) is 94.2 Å². The van der Waals surface area contributed by atoms with Gasteiger partial charge in [-0.05, 0) is 104 Å². The molecule has 0 saturated heterocycles. The Bertz CT molecular complexity index is 1550. The minimum atomic E-state index is -3.98. The quantitative estimate of drug-likeness (QED) is 0.409. The molecule has 244 valence electrons. The largest absolute Gasteiger partial charge is 0.490 e. The van der Waals surface area contributed by atoms with Gasteiger partial charge < -0.3 is 19.1 Å². The van der Waals surface area contributed by atoms with Gasteiger partial charge in [-0.1, -0.05) is 36.7 Å². The van der Waals surface area contributed by atoms with E-state index >= 15 is 0 Å². The average Bonchev–Trinajstić information content (AvgIpc) is 3.15. The molecule has 1 fully saturated rings. The molecule has 1 spiro atoms. The highest BCUT2D eigenvalue weighted by molar-refractivity contribution is 7.90. The number of fused-ring (bicyclic) bond motifs is 4. The highest BCUT2D eigenvalue weighted by Crippen LogP contribution is 2.47. The van der Waals surface area contributed by atoms with Crippen molar-refractivity contribution in [3.63, 3.8) is 0 Å². The molecule has 1 N–H and O–H groups in total. The normalized spacial score (nSPS) is 31.9. The molecule has 8 nitrogen and oxygen atoms in total. The lowest BCUT2D eigenvalue weighted by atomic mass is 9.68. The number of hydrogen-bond acceptors (Lipinski definition) is 7. The van der Waals surface area contributed by atoms with Crippen molar-refractivity contribution in [2.45, 2.75) is 68.6 Å². The number of carbonyl (C=O) groups is 1. The second kappa shape index (κ2) is 13.3. The lowest BCUT2D eigenvalue weighted by Crippen LogP contribution is -2.49. The number of allylic oxidation sites excluding steroid dienone is 1. The van der Waals surface area contributed by atoms with E-state index in [9.17, 15) is 13.2 Å². The molecule has 45 heavy (non-hydrogen) atoms. The van der Waals surface area contributed by atoms with Crippen molar-refractivity contribution in [2.24, 2.45) is 17.8 Å². The first-order chi connectivity index (χ1) is 21.6. The zero-order valence-electron chi connectivity index (χ0n) is 26.5. The van der Waals surface area contributed by atoms with Crippen molar-refractivity contribution < 1.29 is 27.4 Å². The summed E-state index contributed by atoms with van der Waals surface area (Å²) in [5, 5.41) is -0.0409. The van der Waals surface area contributed by atoms with Crippen molar-refractivity contribution >= 4 is 33.2 Å². The van der Waals surface area contributed by atoms with E-state index in [1.807, 2.05) is 25.1 Å². The zero-order chi connectivity index (χ0) is 31.8. The standard InChI is InChI=1S/C35H45ClN2O6S/c1-23-6-12-32(43-3)29-10-7-26(29)20-38-21-35(15-4-5-24-18-27(36)9-11-30(24)35)22-44-33-13-8-25(19-31(33)38)34(39)37-45(40,41)28(17-23)14-16-42-2/h6,8-9,11-13,18-19,23,26,28-29,32H,4-5,7,10,14-17,20-22H2,1-3H3,(H,37,39)/b12-6-/t23-,26-,28+,29+,32-,35-/m0/s1. The van der Waals surface area contributed by atoms with Gasteiger partial charge in [-0.2, -0.15) is 0 Å². The molecule has 6 rings (SSSR count). The summed E-state index contributed by atoms with van der Waals surface area (Å²) in [6, 6.07) is 11.5. The Kier molecular flexibility index (Phi) is 9.53. The summed E-state index contributed by atoms with van der Waals surface area (Å²) in [5.74, 6) is 0.779. The first kappa shape index (κ1) is 32.4. The maximum absolute atomic E-state index is 13.6. The summed E-state index contributed by atoms with van der Waals surface area (Å²) < 4.78 is 47.4. The van der Waals surface area contributed by atoms with Crippen LogP contribution in [0.25, 0.3) is 0 Å². The molecule has 10 heteroatoms. The van der Waals surface area contributed by atoms with E-state index in [0.717, 1.165) is 55.9 Å². The van der Waals surface area contributed by atoms with Crippen LogP contribution >= 0.6 is 11.6 Å². The Labute approximate surface area is 272 Å². The number of nitrogens with one attached hydrogen (secondary N) is 1. The fourth-order valence-corrected chi connectivity index (χ4v) is 9.60. The van der Waals surface area contributed by atoms with Crippen molar-refractivity contribution in [1.82, 2.24) is 4.72 Å². The Balaban J connectivity index is 1.42. The van der Waals surface area contributed by atoms with Crippen LogP contribution in [0.15, 0.2) is 48.6 Å². The van der Waals surface area contributed by atoms with Gasteiger partial charge >= 0.3 is 0 Å². The van der Waals surface area contributed by atoms with Gasteiger partial charge in [-0.25, -0.2) is 13.1 Å². The molecule has 2 heterocycles. The number of ether oxygens (including phenoxy) is 3. The third-order valence-corrected chi connectivity index (χ3v) is 12.5. The van der Waals surface area contributed by atoms with E-state index in [1.165, 1.54) is 11.1 Å². The van der Waals surface area contributed by atoms with Gasteiger partial charge in [0.1, 0.15) is 5.75 Å². The van der Waals surface area contributed by atoms with E-state index in [4.69, 9.17) is 25.8 Å². The molecule has 2 aromatic rings. The van der Waals surface area contributed by atoms with Gasteiger partial charge in [-0.3, -0.25) is 4.79 Å². The minimum absolute atomic E-state index is 0.0315. The first-order valence-corrected chi connectivity index (χ1v) is 18.1. The maximum Gasteiger partial charge on any atom is 0.264 e. The van der Waals surface area contributed by atoms with Crippen LogP contribution in [0.2, 0.25) is 5.02 Å². The maximum atomic E-state index is 13.6. The Morgan fingerprint density at radius 1 is 1.13 bits per heavy atom. The summed E-state index contributed by atoms with van der Waals surface area (Å²) in [6.45, 7) is 4.32. The van der Waals surface area contributed by atoms with E-state index in [-0.39, 0.29) is 30.5 Å². The highest BCUT2D eigenvalue weighted by Gasteiger charge is 2.44. The van der Waals surface area contributed by atoms with Crippen LogP contribution < -0.4 is 14.4 Å². The molecule has 1 saturated carbocycles. The van der Waals surface area contributed by atoms with Gasteiger partial charge in [0.2, 0.25) is 10.0 Å². The van der Waals surface area contributed by atoms with Crippen molar-refractivity contribution in [3.8, 4) is 5.75 Å². The highest BCUT2D eigenvalue weighted by atomic mass is 35.5. The van der Waals surface area contributed by atoms with Gasteiger partial charge in [-0.15, -0.1) is 0 Å². The molecular formula is C35H45ClN2O6S. The van der Waals surface area contributed by atoms with Crippen LogP contribution in [-0.2, 0) is 31.3 Å². The Morgan fingerprint density at radius 2 is 1.98 bits per heavy atom. The number of anilines is 1. The average molecular weight is 657 g/mol. The number of benzene rings is 2. The molecule has 0 aromatic heterocycles. The molecule has 2 bridgehead atoms. The third kappa shape index (κ3) is 6.64. The molecule has 0 unspecified atom stereocenters. The minimum Gasteiger partial charge on any atom is -0.490 e. The number of rotatable bonds is 4. The van der Waals surface area contributed by atoms with Crippen LogP contribution in [-0.4, -0.2) is 66.2 Å².